The molecule has 0 fully saturated rings. The zero-order valence-electron chi connectivity index (χ0n) is 13.9. The molecule has 1 heterocycles. The predicted octanol–water partition coefficient (Wildman–Crippen LogP) is 4.70. The Balaban J connectivity index is 1.92. The second-order valence-corrected chi connectivity index (χ2v) is 6.08. The minimum absolute atomic E-state index is 1.12. The van der Waals surface area contributed by atoms with Gasteiger partial charge in [-0.3, -0.25) is 0 Å². The van der Waals surface area contributed by atoms with Crippen molar-refractivity contribution >= 4 is 10.8 Å². The van der Waals surface area contributed by atoms with Crippen LogP contribution in [-0.2, 0) is 7.05 Å². The third-order valence-corrected chi connectivity index (χ3v) is 4.59. The van der Waals surface area contributed by atoms with Crippen molar-refractivity contribution < 1.29 is 4.68 Å². The maximum atomic E-state index is 4.57. The highest BCUT2D eigenvalue weighted by molar-refractivity contribution is 5.90. The zero-order valence-corrected chi connectivity index (χ0v) is 13.9. The number of aryl methyl sites for hydroxylation is 2. The lowest BCUT2D eigenvalue weighted by Crippen LogP contribution is -2.35. The van der Waals surface area contributed by atoms with E-state index in [2.05, 4.69) is 78.8 Å². The van der Waals surface area contributed by atoms with Crippen LogP contribution in [-0.4, -0.2) is 5.10 Å². The number of aromatic nitrogens is 2. The second kappa shape index (κ2) is 5.89. The molecule has 4 aromatic rings. The Bertz CT molecular complexity index is 1020. The molecular formula is C22H19N2+. The minimum atomic E-state index is 1.12. The van der Waals surface area contributed by atoms with Crippen molar-refractivity contribution in [2.24, 2.45) is 7.05 Å². The van der Waals surface area contributed by atoms with Gasteiger partial charge in [-0.15, -0.1) is 0 Å². The molecule has 0 amide bonds. The van der Waals surface area contributed by atoms with E-state index in [1.165, 1.54) is 27.5 Å². The highest BCUT2D eigenvalue weighted by Gasteiger charge is 2.16. The average molecular weight is 311 g/mol. The lowest BCUT2D eigenvalue weighted by atomic mass is 9.96. The van der Waals surface area contributed by atoms with Gasteiger partial charge in [0.15, 0.2) is 7.05 Å². The Hall–Kier alpha value is -3.00. The largest absolute Gasteiger partial charge is 0.239 e. The maximum absolute atomic E-state index is 4.57. The zero-order chi connectivity index (χ0) is 16.5. The van der Waals surface area contributed by atoms with E-state index in [0.717, 1.165) is 11.3 Å². The van der Waals surface area contributed by atoms with Gasteiger partial charge in [-0.25, -0.2) is 0 Å². The van der Waals surface area contributed by atoms with Gasteiger partial charge in [-0.05, 0) is 40.0 Å². The summed E-state index contributed by atoms with van der Waals surface area (Å²) in [5.41, 5.74) is 5.96. The molecule has 2 nitrogen and oxygen atoms in total. The number of hydrogen-bond donors (Lipinski definition) is 0. The van der Waals surface area contributed by atoms with Gasteiger partial charge in [0.2, 0.25) is 5.69 Å². The molecular weight excluding hydrogens is 292 g/mol. The summed E-state index contributed by atoms with van der Waals surface area (Å²) in [5, 5.41) is 7.13. The number of benzene rings is 3. The molecule has 3 aromatic carbocycles. The molecule has 2 heteroatoms. The van der Waals surface area contributed by atoms with Crippen LogP contribution in [0.4, 0.5) is 0 Å². The molecule has 0 N–H and O–H groups in total. The van der Waals surface area contributed by atoms with Gasteiger partial charge in [-0.2, -0.15) is 0 Å². The monoisotopic (exact) mass is 311 g/mol. The third kappa shape index (κ3) is 2.46. The number of fused-ring (bicyclic) bond motifs is 1. The van der Waals surface area contributed by atoms with E-state index in [4.69, 9.17) is 0 Å². The minimum Gasteiger partial charge on any atom is -0.0864 e. The fourth-order valence-electron chi connectivity index (χ4n) is 3.23. The van der Waals surface area contributed by atoms with Gasteiger partial charge >= 0.3 is 0 Å². The van der Waals surface area contributed by atoms with E-state index in [9.17, 15) is 0 Å². The smallest absolute Gasteiger partial charge is 0.0864 e. The first-order valence-corrected chi connectivity index (χ1v) is 8.14. The lowest BCUT2D eigenvalue weighted by molar-refractivity contribution is -0.720. The number of rotatable bonds is 2. The van der Waals surface area contributed by atoms with Gasteiger partial charge in [0.25, 0.3) is 0 Å². The van der Waals surface area contributed by atoms with Crippen molar-refractivity contribution in [3.63, 3.8) is 0 Å². The fraction of sp³-hybridized carbons (Fsp3) is 0.0909. The van der Waals surface area contributed by atoms with Crippen LogP contribution in [0.25, 0.3) is 33.2 Å². The van der Waals surface area contributed by atoms with Crippen LogP contribution in [0, 0.1) is 6.92 Å². The van der Waals surface area contributed by atoms with Crippen LogP contribution >= 0.6 is 0 Å². The number of nitrogens with zero attached hydrogens (tertiary/aromatic N) is 2. The average Bonchev–Trinajstić information content (AvgIpc) is 2.64. The molecule has 1 aromatic heterocycles. The van der Waals surface area contributed by atoms with E-state index in [-0.39, 0.29) is 0 Å². The van der Waals surface area contributed by atoms with Crippen LogP contribution in [0.3, 0.4) is 0 Å². The van der Waals surface area contributed by atoms with E-state index in [1.807, 2.05) is 24.0 Å². The first-order valence-electron chi connectivity index (χ1n) is 8.14. The molecule has 24 heavy (non-hydrogen) atoms. The van der Waals surface area contributed by atoms with E-state index >= 15 is 0 Å². The van der Waals surface area contributed by atoms with E-state index in [0.29, 0.717) is 0 Å². The normalized spacial score (nSPS) is 10.9. The first-order chi connectivity index (χ1) is 11.7. The van der Waals surface area contributed by atoms with Crippen molar-refractivity contribution in [1.29, 1.82) is 0 Å². The highest BCUT2D eigenvalue weighted by atomic mass is 15.2. The molecule has 116 valence electrons. The SMILES string of the molecule is Cc1c(-c2cc(-c3ccccc3)cn[n+]2C)ccc2ccccc12. The van der Waals surface area contributed by atoms with E-state index in [1.54, 1.807) is 0 Å². The van der Waals surface area contributed by atoms with Crippen molar-refractivity contribution in [2.45, 2.75) is 6.92 Å². The fourth-order valence-corrected chi connectivity index (χ4v) is 3.23. The van der Waals surface area contributed by atoms with Crippen LogP contribution < -0.4 is 4.68 Å². The molecule has 0 spiro atoms. The lowest BCUT2D eigenvalue weighted by Gasteiger charge is -2.08. The topological polar surface area (TPSA) is 16.8 Å². The molecule has 0 radical (unpaired) electrons. The summed E-state index contributed by atoms with van der Waals surface area (Å²) in [5.74, 6) is 0. The Kier molecular flexibility index (Phi) is 3.58. The van der Waals surface area contributed by atoms with Crippen molar-refractivity contribution in [2.75, 3.05) is 0 Å². The molecule has 0 aliphatic carbocycles. The number of hydrogen-bond acceptors (Lipinski definition) is 1. The van der Waals surface area contributed by atoms with Gasteiger partial charge in [0.05, 0.1) is 5.56 Å². The summed E-state index contributed by atoms with van der Waals surface area (Å²) < 4.78 is 1.95. The van der Waals surface area contributed by atoms with Crippen molar-refractivity contribution in [3.8, 4) is 22.4 Å². The Morgan fingerprint density at radius 2 is 1.54 bits per heavy atom. The summed E-state index contributed by atoms with van der Waals surface area (Å²) in [6.45, 7) is 2.19. The summed E-state index contributed by atoms with van der Waals surface area (Å²) >= 11 is 0. The summed E-state index contributed by atoms with van der Waals surface area (Å²) in [6, 6.07) is 25.5. The van der Waals surface area contributed by atoms with Crippen LogP contribution in [0.5, 0.6) is 0 Å². The molecule has 0 bridgehead atoms. The van der Waals surface area contributed by atoms with Crippen molar-refractivity contribution in [1.82, 2.24) is 5.10 Å². The standard InChI is InChI=1S/C22H19N2/c1-16-20-11-7-6-10-18(20)12-13-21(16)22-14-19(15-23-24(22)2)17-8-4-3-5-9-17/h3-15H,1-2H3/q+1. The van der Waals surface area contributed by atoms with Crippen LogP contribution in [0.15, 0.2) is 79.0 Å². The quantitative estimate of drug-likeness (QED) is 0.490. The third-order valence-electron chi connectivity index (χ3n) is 4.59. The molecule has 0 saturated heterocycles. The molecule has 0 aliphatic heterocycles. The molecule has 0 saturated carbocycles. The summed E-state index contributed by atoms with van der Waals surface area (Å²) in [7, 11) is 2.00. The molecule has 0 atom stereocenters. The van der Waals surface area contributed by atoms with E-state index < -0.39 is 0 Å². The van der Waals surface area contributed by atoms with Gasteiger partial charge in [0.1, 0.15) is 6.20 Å². The van der Waals surface area contributed by atoms with Crippen LogP contribution in [0.1, 0.15) is 5.56 Å². The molecule has 0 unspecified atom stereocenters. The first kappa shape index (κ1) is 14.6. The van der Waals surface area contributed by atoms with Gasteiger partial charge < -0.3 is 0 Å². The Labute approximate surface area is 142 Å². The van der Waals surface area contributed by atoms with Gasteiger partial charge in [-0.1, -0.05) is 65.3 Å². The van der Waals surface area contributed by atoms with Crippen molar-refractivity contribution in [3.05, 3.63) is 84.6 Å². The molecule has 0 aliphatic rings. The summed E-state index contributed by atoms with van der Waals surface area (Å²) in [4.78, 5) is 0. The second-order valence-electron chi connectivity index (χ2n) is 6.08. The predicted molar refractivity (Wildman–Crippen MR) is 98.5 cm³/mol. The highest BCUT2D eigenvalue weighted by Crippen LogP contribution is 2.29. The Morgan fingerprint density at radius 3 is 2.38 bits per heavy atom. The van der Waals surface area contributed by atoms with Crippen LogP contribution in [0.2, 0.25) is 0 Å². The Morgan fingerprint density at radius 1 is 0.792 bits per heavy atom. The maximum Gasteiger partial charge on any atom is 0.239 e. The molecule has 4 rings (SSSR count). The van der Waals surface area contributed by atoms with Gasteiger partial charge in [0, 0.05) is 11.6 Å². The summed E-state index contributed by atoms with van der Waals surface area (Å²) in [6.07, 6.45) is 1.93.